The summed E-state index contributed by atoms with van der Waals surface area (Å²) < 4.78 is 30.8. The number of hydrogen-bond acceptors (Lipinski definition) is 2. The Hall–Kier alpha value is -1.16. The minimum absolute atomic E-state index is 0.0426. The maximum atomic E-state index is 13.0. The van der Waals surface area contributed by atoms with Gasteiger partial charge in [0, 0.05) is 6.04 Å². The predicted octanol–water partition coefficient (Wildman–Crippen LogP) is 2.25. The lowest BCUT2D eigenvalue weighted by molar-refractivity contribution is 0.370. The first-order valence-corrected chi connectivity index (χ1v) is 4.30. The molecule has 0 bridgehead atoms. The SMILES string of the molecule is CNC(C)c1cc(F)c(F)c(OC)c1. The highest BCUT2D eigenvalue weighted by Crippen LogP contribution is 2.24. The maximum Gasteiger partial charge on any atom is 0.200 e. The first-order valence-electron chi connectivity index (χ1n) is 4.30. The van der Waals surface area contributed by atoms with Crippen molar-refractivity contribution in [1.29, 1.82) is 0 Å². The molecule has 0 aliphatic rings. The summed E-state index contributed by atoms with van der Waals surface area (Å²) in [6, 6.07) is 2.61. The van der Waals surface area contributed by atoms with Crippen molar-refractivity contribution in [1.82, 2.24) is 5.32 Å². The van der Waals surface area contributed by atoms with E-state index in [0.717, 1.165) is 0 Å². The average Bonchev–Trinajstić information content (AvgIpc) is 2.20. The highest BCUT2D eigenvalue weighted by Gasteiger charge is 2.13. The summed E-state index contributed by atoms with van der Waals surface area (Å²) >= 11 is 0. The minimum Gasteiger partial charge on any atom is -0.494 e. The van der Waals surface area contributed by atoms with E-state index in [0.29, 0.717) is 5.56 Å². The topological polar surface area (TPSA) is 21.3 Å². The summed E-state index contributed by atoms with van der Waals surface area (Å²) in [6.45, 7) is 1.85. The summed E-state index contributed by atoms with van der Waals surface area (Å²) in [5.74, 6) is -1.90. The van der Waals surface area contributed by atoms with Gasteiger partial charge >= 0.3 is 0 Å². The van der Waals surface area contributed by atoms with Crippen LogP contribution in [-0.2, 0) is 0 Å². The highest BCUT2D eigenvalue weighted by atomic mass is 19.2. The van der Waals surface area contributed by atoms with Crippen molar-refractivity contribution >= 4 is 0 Å². The highest BCUT2D eigenvalue weighted by molar-refractivity contribution is 5.33. The molecule has 0 amide bonds. The van der Waals surface area contributed by atoms with Gasteiger partial charge in [0.15, 0.2) is 11.6 Å². The molecule has 14 heavy (non-hydrogen) atoms. The van der Waals surface area contributed by atoms with E-state index in [-0.39, 0.29) is 11.8 Å². The van der Waals surface area contributed by atoms with Crippen LogP contribution >= 0.6 is 0 Å². The number of ether oxygens (including phenoxy) is 1. The number of methoxy groups -OCH3 is 1. The molecular weight excluding hydrogens is 188 g/mol. The van der Waals surface area contributed by atoms with E-state index in [4.69, 9.17) is 4.74 Å². The molecule has 0 aliphatic heterocycles. The molecule has 1 atom stereocenters. The smallest absolute Gasteiger partial charge is 0.200 e. The van der Waals surface area contributed by atoms with Crippen LogP contribution in [0.3, 0.4) is 0 Å². The van der Waals surface area contributed by atoms with Gasteiger partial charge < -0.3 is 10.1 Å². The molecule has 0 heterocycles. The van der Waals surface area contributed by atoms with Gasteiger partial charge in [-0.05, 0) is 31.7 Å². The predicted molar refractivity (Wildman–Crippen MR) is 50.4 cm³/mol. The summed E-state index contributed by atoms with van der Waals surface area (Å²) in [4.78, 5) is 0. The van der Waals surface area contributed by atoms with Gasteiger partial charge in [-0.15, -0.1) is 0 Å². The molecule has 1 aromatic rings. The number of hydrogen-bond donors (Lipinski definition) is 1. The second-order valence-corrected chi connectivity index (χ2v) is 3.03. The van der Waals surface area contributed by atoms with Crippen LogP contribution in [0.25, 0.3) is 0 Å². The van der Waals surface area contributed by atoms with E-state index < -0.39 is 11.6 Å². The summed E-state index contributed by atoms with van der Waals surface area (Å²) in [5.41, 5.74) is 0.656. The fourth-order valence-electron chi connectivity index (χ4n) is 1.15. The van der Waals surface area contributed by atoms with Crippen LogP contribution in [0.4, 0.5) is 8.78 Å². The molecule has 0 fully saturated rings. The van der Waals surface area contributed by atoms with E-state index in [2.05, 4.69) is 5.32 Å². The molecule has 0 aliphatic carbocycles. The fraction of sp³-hybridized carbons (Fsp3) is 0.400. The van der Waals surface area contributed by atoms with Crippen LogP contribution in [0.1, 0.15) is 18.5 Å². The van der Waals surface area contributed by atoms with Gasteiger partial charge in [0.1, 0.15) is 0 Å². The second-order valence-electron chi connectivity index (χ2n) is 3.03. The Morgan fingerprint density at radius 1 is 1.36 bits per heavy atom. The van der Waals surface area contributed by atoms with Crippen molar-refractivity contribution in [2.45, 2.75) is 13.0 Å². The molecule has 1 unspecified atom stereocenters. The summed E-state index contributed by atoms with van der Waals surface area (Å²) in [7, 11) is 3.06. The van der Waals surface area contributed by atoms with Gasteiger partial charge in [0.25, 0.3) is 0 Å². The van der Waals surface area contributed by atoms with Crippen molar-refractivity contribution in [2.75, 3.05) is 14.2 Å². The maximum absolute atomic E-state index is 13.0. The van der Waals surface area contributed by atoms with Crippen LogP contribution < -0.4 is 10.1 Å². The Labute approximate surface area is 81.9 Å². The number of halogens is 2. The van der Waals surface area contributed by atoms with Crippen LogP contribution in [-0.4, -0.2) is 14.2 Å². The first-order chi connectivity index (χ1) is 6.60. The average molecular weight is 201 g/mol. The normalized spacial score (nSPS) is 12.6. The molecule has 2 nitrogen and oxygen atoms in total. The zero-order chi connectivity index (χ0) is 10.7. The van der Waals surface area contributed by atoms with Crippen molar-refractivity contribution in [3.8, 4) is 5.75 Å². The summed E-state index contributed by atoms with van der Waals surface area (Å²) in [5, 5.41) is 2.93. The van der Waals surface area contributed by atoms with E-state index in [9.17, 15) is 8.78 Å². The molecule has 1 N–H and O–H groups in total. The van der Waals surface area contributed by atoms with Gasteiger partial charge in [-0.3, -0.25) is 0 Å². The van der Waals surface area contributed by atoms with E-state index in [1.807, 2.05) is 6.92 Å². The molecule has 0 aromatic heterocycles. The van der Waals surface area contributed by atoms with E-state index in [1.54, 1.807) is 7.05 Å². The Balaban J connectivity index is 3.16. The third kappa shape index (κ3) is 2.01. The number of nitrogens with one attached hydrogen (secondary N) is 1. The third-order valence-corrected chi connectivity index (χ3v) is 2.17. The van der Waals surface area contributed by atoms with E-state index >= 15 is 0 Å². The van der Waals surface area contributed by atoms with Gasteiger partial charge in [0.05, 0.1) is 7.11 Å². The molecule has 1 aromatic carbocycles. The molecule has 0 saturated carbocycles. The van der Waals surface area contributed by atoms with Gasteiger partial charge in [-0.1, -0.05) is 0 Å². The second kappa shape index (κ2) is 4.37. The van der Waals surface area contributed by atoms with Crippen LogP contribution in [0, 0.1) is 11.6 Å². The standard InChI is InChI=1S/C10H13F2NO/c1-6(13-2)7-4-8(11)10(12)9(5-7)14-3/h4-6,13H,1-3H3. The Morgan fingerprint density at radius 2 is 2.00 bits per heavy atom. The Kier molecular flexibility index (Phi) is 3.41. The molecule has 0 spiro atoms. The van der Waals surface area contributed by atoms with Gasteiger partial charge in [-0.25, -0.2) is 4.39 Å². The molecule has 4 heteroatoms. The first kappa shape index (κ1) is 10.9. The van der Waals surface area contributed by atoms with Crippen LogP contribution in [0.15, 0.2) is 12.1 Å². The van der Waals surface area contributed by atoms with Gasteiger partial charge in [0.2, 0.25) is 5.82 Å². The molecule has 78 valence electrons. The minimum atomic E-state index is -0.945. The molecule has 0 radical (unpaired) electrons. The lowest BCUT2D eigenvalue weighted by atomic mass is 10.1. The fourth-order valence-corrected chi connectivity index (χ4v) is 1.15. The quantitative estimate of drug-likeness (QED) is 0.809. The van der Waals surface area contributed by atoms with Crippen LogP contribution in [0.5, 0.6) is 5.75 Å². The zero-order valence-electron chi connectivity index (χ0n) is 8.40. The van der Waals surface area contributed by atoms with Crippen molar-refractivity contribution in [3.63, 3.8) is 0 Å². The van der Waals surface area contributed by atoms with Crippen molar-refractivity contribution in [3.05, 3.63) is 29.3 Å². The number of rotatable bonds is 3. The van der Waals surface area contributed by atoms with E-state index in [1.165, 1.54) is 19.2 Å². The van der Waals surface area contributed by atoms with Gasteiger partial charge in [-0.2, -0.15) is 4.39 Å². The Bertz CT molecular complexity index is 328. The molecule has 1 rings (SSSR count). The lowest BCUT2D eigenvalue weighted by Gasteiger charge is -2.12. The Morgan fingerprint density at radius 3 is 2.50 bits per heavy atom. The molecular formula is C10H13F2NO. The van der Waals surface area contributed by atoms with Crippen molar-refractivity contribution < 1.29 is 13.5 Å². The number of benzene rings is 1. The third-order valence-electron chi connectivity index (χ3n) is 2.17. The lowest BCUT2D eigenvalue weighted by Crippen LogP contribution is -2.13. The summed E-state index contributed by atoms with van der Waals surface area (Å²) in [6.07, 6.45) is 0. The van der Waals surface area contributed by atoms with Crippen molar-refractivity contribution in [2.24, 2.45) is 0 Å². The monoisotopic (exact) mass is 201 g/mol. The zero-order valence-corrected chi connectivity index (χ0v) is 8.40. The molecule has 0 saturated heterocycles. The largest absolute Gasteiger partial charge is 0.494 e. The van der Waals surface area contributed by atoms with Crippen LogP contribution in [0.2, 0.25) is 0 Å².